The Balaban J connectivity index is 2.49. The molecular formula is C14H20BrFN2O. The van der Waals surface area contributed by atoms with E-state index in [1.807, 2.05) is 20.8 Å². The van der Waals surface area contributed by atoms with E-state index >= 15 is 0 Å². The van der Waals surface area contributed by atoms with Crippen LogP contribution in [0.5, 0.6) is 0 Å². The number of amides is 1. The van der Waals surface area contributed by atoms with Crippen molar-refractivity contribution in [2.45, 2.75) is 26.8 Å². The largest absolute Gasteiger partial charge is 0.355 e. The maximum absolute atomic E-state index is 13.6. The third-order valence-electron chi connectivity index (χ3n) is 2.70. The van der Waals surface area contributed by atoms with Crippen LogP contribution in [0.15, 0.2) is 22.7 Å². The minimum atomic E-state index is -0.272. The second kappa shape index (κ2) is 7.60. The summed E-state index contributed by atoms with van der Waals surface area (Å²) in [7, 11) is 0. The Hall–Kier alpha value is -0.940. The van der Waals surface area contributed by atoms with Crippen LogP contribution in [0, 0.1) is 11.7 Å². The van der Waals surface area contributed by atoms with E-state index in [0.717, 1.165) is 4.47 Å². The molecule has 1 amide bonds. The van der Waals surface area contributed by atoms with Gasteiger partial charge in [-0.25, -0.2) is 4.39 Å². The Morgan fingerprint density at radius 1 is 1.37 bits per heavy atom. The molecule has 0 aromatic heterocycles. The minimum Gasteiger partial charge on any atom is -0.355 e. The van der Waals surface area contributed by atoms with E-state index in [9.17, 15) is 9.18 Å². The van der Waals surface area contributed by atoms with Gasteiger partial charge in [0.25, 0.3) is 0 Å². The van der Waals surface area contributed by atoms with Crippen LogP contribution in [-0.4, -0.2) is 19.0 Å². The molecule has 106 valence electrons. The highest BCUT2D eigenvalue weighted by atomic mass is 79.9. The van der Waals surface area contributed by atoms with Crippen molar-refractivity contribution in [2.75, 3.05) is 13.1 Å². The van der Waals surface area contributed by atoms with Gasteiger partial charge in [-0.2, -0.15) is 0 Å². The molecule has 0 saturated carbocycles. The first-order chi connectivity index (χ1) is 8.90. The van der Waals surface area contributed by atoms with Gasteiger partial charge in [0.2, 0.25) is 5.91 Å². The van der Waals surface area contributed by atoms with Gasteiger partial charge in [0.1, 0.15) is 5.82 Å². The van der Waals surface area contributed by atoms with Crippen LogP contribution in [0.2, 0.25) is 0 Å². The highest BCUT2D eigenvalue weighted by Gasteiger charge is 2.12. The van der Waals surface area contributed by atoms with Gasteiger partial charge in [0.15, 0.2) is 0 Å². The number of hydrogen-bond donors (Lipinski definition) is 2. The molecule has 1 aromatic rings. The normalized spacial score (nSPS) is 12.5. The molecule has 0 aliphatic heterocycles. The van der Waals surface area contributed by atoms with E-state index in [4.69, 9.17) is 0 Å². The highest BCUT2D eigenvalue weighted by Crippen LogP contribution is 2.21. The zero-order valence-corrected chi connectivity index (χ0v) is 13.1. The smallest absolute Gasteiger partial charge is 0.233 e. The fraction of sp³-hybridized carbons (Fsp3) is 0.500. The molecule has 3 nitrogen and oxygen atoms in total. The molecule has 0 heterocycles. The van der Waals surface area contributed by atoms with Crippen molar-refractivity contribution in [3.05, 3.63) is 34.1 Å². The summed E-state index contributed by atoms with van der Waals surface area (Å²) in [4.78, 5) is 11.6. The molecule has 0 aliphatic rings. The van der Waals surface area contributed by atoms with Crippen molar-refractivity contribution in [3.8, 4) is 0 Å². The lowest BCUT2D eigenvalue weighted by molar-refractivity contribution is -0.120. The molecule has 1 rings (SSSR count). The maximum Gasteiger partial charge on any atom is 0.233 e. The van der Waals surface area contributed by atoms with E-state index < -0.39 is 0 Å². The number of halogens is 2. The first-order valence-corrected chi connectivity index (χ1v) is 7.14. The first kappa shape index (κ1) is 16.1. The molecule has 0 aliphatic carbocycles. The third-order valence-corrected chi connectivity index (χ3v) is 3.19. The zero-order chi connectivity index (χ0) is 14.4. The van der Waals surface area contributed by atoms with Gasteiger partial charge in [-0.3, -0.25) is 4.79 Å². The average Bonchev–Trinajstić information content (AvgIpc) is 2.36. The fourth-order valence-corrected chi connectivity index (χ4v) is 1.96. The summed E-state index contributed by atoms with van der Waals surface area (Å²) in [5, 5.41) is 5.83. The Morgan fingerprint density at radius 2 is 2.05 bits per heavy atom. The van der Waals surface area contributed by atoms with E-state index in [1.54, 1.807) is 12.1 Å². The molecular weight excluding hydrogens is 311 g/mol. The molecule has 1 aromatic carbocycles. The number of carbonyl (C=O) groups excluding carboxylic acids is 1. The highest BCUT2D eigenvalue weighted by molar-refractivity contribution is 9.10. The minimum absolute atomic E-state index is 0.0732. The molecule has 1 atom stereocenters. The summed E-state index contributed by atoms with van der Waals surface area (Å²) in [6.07, 6.45) is 0. The molecule has 0 spiro atoms. The Morgan fingerprint density at radius 3 is 2.68 bits per heavy atom. The van der Waals surface area contributed by atoms with Gasteiger partial charge in [-0.15, -0.1) is 0 Å². The molecule has 0 radical (unpaired) electrons. The van der Waals surface area contributed by atoms with Gasteiger partial charge >= 0.3 is 0 Å². The first-order valence-electron chi connectivity index (χ1n) is 6.35. The average molecular weight is 331 g/mol. The lowest BCUT2D eigenvalue weighted by atomic mass is 10.1. The summed E-state index contributed by atoms with van der Waals surface area (Å²) in [5.41, 5.74) is 0.547. The summed E-state index contributed by atoms with van der Waals surface area (Å²) < 4.78 is 14.5. The van der Waals surface area contributed by atoms with E-state index in [0.29, 0.717) is 18.0 Å². The topological polar surface area (TPSA) is 41.1 Å². The van der Waals surface area contributed by atoms with E-state index in [1.165, 1.54) is 6.07 Å². The molecule has 2 N–H and O–H groups in total. The lowest BCUT2D eigenvalue weighted by Gasteiger charge is -2.15. The van der Waals surface area contributed by atoms with Gasteiger partial charge < -0.3 is 10.6 Å². The SMILES string of the molecule is CC(C)CNC(=O)CNC(C)c1cc(Br)ccc1F. The fourth-order valence-electron chi connectivity index (χ4n) is 1.58. The number of benzene rings is 1. The quantitative estimate of drug-likeness (QED) is 0.841. The predicted octanol–water partition coefficient (Wildman–Crippen LogP) is 3.01. The third kappa shape index (κ3) is 5.70. The molecule has 0 fully saturated rings. The van der Waals surface area contributed by atoms with Crippen molar-refractivity contribution >= 4 is 21.8 Å². The summed E-state index contributed by atoms with van der Waals surface area (Å²) in [5.74, 6) is 0.0747. The van der Waals surface area contributed by atoms with Crippen LogP contribution in [0.1, 0.15) is 32.4 Å². The number of carbonyl (C=O) groups is 1. The molecule has 5 heteroatoms. The van der Waals surface area contributed by atoms with Crippen LogP contribution >= 0.6 is 15.9 Å². The zero-order valence-electron chi connectivity index (χ0n) is 11.5. The van der Waals surface area contributed by atoms with E-state index in [-0.39, 0.29) is 24.3 Å². The Bertz CT molecular complexity index is 437. The molecule has 19 heavy (non-hydrogen) atoms. The Labute approximate surface area is 122 Å². The van der Waals surface area contributed by atoms with Crippen LogP contribution in [0.4, 0.5) is 4.39 Å². The van der Waals surface area contributed by atoms with Crippen molar-refractivity contribution in [2.24, 2.45) is 5.92 Å². The van der Waals surface area contributed by atoms with Crippen molar-refractivity contribution in [3.63, 3.8) is 0 Å². The van der Waals surface area contributed by atoms with Crippen molar-refractivity contribution in [1.29, 1.82) is 0 Å². The second-order valence-corrected chi connectivity index (χ2v) is 5.88. The predicted molar refractivity (Wildman–Crippen MR) is 78.4 cm³/mol. The summed E-state index contributed by atoms with van der Waals surface area (Å²) in [6, 6.07) is 4.57. The summed E-state index contributed by atoms with van der Waals surface area (Å²) in [6.45, 7) is 6.74. The monoisotopic (exact) mass is 330 g/mol. The summed E-state index contributed by atoms with van der Waals surface area (Å²) >= 11 is 3.31. The lowest BCUT2D eigenvalue weighted by Crippen LogP contribution is -2.36. The molecule has 1 unspecified atom stereocenters. The van der Waals surface area contributed by atoms with Crippen molar-refractivity contribution < 1.29 is 9.18 Å². The number of hydrogen-bond acceptors (Lipinski definition) is 2. The Kier molecular flexibility index (Phi) is 6.45. The maximum atomic E-state index is 13.6. The number of rotatable bonds is 6. The van der Waals surface area contributed by atoms with Gasteiger partial charge in [0, 0.05) is 22.6 Å². The van der Waals surface area contributed by atoms with Crippen LogP contribution in [-0.2, 0) is 4.79 Å². The van der Waals surface area contributed by atoms with Gasteiger partial charge in [-0.1, -0.05) is 29.8 Å². The molecule has 0 saturated heterocycles. The van der Waals surface area contributed by atoms with Gasteiger partial charge in [0.05, 0.1) is 6.54 Å². The van der Waals surface area contributed by atoms with Crippen molar-refractivity contribution in [1.82, 2.24) is 10.6 Å². The van der Waals surface area contributed by atoms with Crippen LogP contribution < -0.4 is 10.6 Å². The van der Waals surface area contributed by atoms with Crippen LogP contribution in [0.25, 0.3) is 0 Å². The van der Waals surface area contributed by atoms with E-state index in [2.05, 4.69) is 26.6 Å². The van der Waals surface area contributed by atoms with Gasteiger partial charge in [-0.05, 0) is 31.0 Å². The number of nitrogens with one attached hydrogen (secondary N) is 2. The molecule has 0 bridgehead atoms. The standard InChI is InChI=1S/C14H20BrFN2O/c1-9(2)7-18-14(19)8-17-10(3)12-6-11(15)4-5-13(12)16/h4-6,9-10,17H,7-8H2,1-3H3,(H,18,19). The second-order valence-electron chi connectivity index (χ2n) is 4.97. The van der Waals surface area contributed by atoms with Crippen LogP contribution in [0.3, 0.4) is 0 Å².